The number of halogens is 2. The summed E-state index contributed by atoms with van der Waals surface area (Å²) in [5.74, 6) is -1.10. The van der Waals surface area contributed by atoms with Crippen molar-refractivity contribution in [1.29, 1.82) is 0 Å². The number of benzene rings is 1. The van der Waals surface area contributed by atoms with Gasteiger partial charge in [-0.2, -0.15) is 9.97 Å². The van der Waals surface area contributed by atoms with Crippen LogP contribution in [0.1, 0.15) is 37.3 Å². The summed E-state index contributed by atoms with van der Waals surface area (Å²) in [4.78, 5) is 7.45. The van der Waals surface area contributed by atoms with Gasteiger partial charge in [-0.15, -0.1) is 12.4 Å². The van der Waals surface area contributed by atoms with E-state index < -0.39 is 31.8 Å². The van der Waals surface area contributed by atoms with E-state index in [1.165, 1.54) is 6.07 Å². The van der Waals surface area contributed by atoms with Gasteiger partial charge < -0.3 is 14.8 Å². The summed E-state index contributed by atoms with van der Waals surface area (Å²) < 4.78 is 49.0. The van der Waals surface area contributed by atoms with Gasteiger partial charge in [0, 0.05) is 5.56 Å². The molecule has 2 aromatic heterocycles. The highest BCUT2D eigenvalue weighted by molar-refractivity contribution is 7.90. The normalized spacial score (nSPS) is 16.1. The third kappa shape index (κ3) is 3.77. The van der Waals surface area contributed by atoms with Gasteiger partial charge in [0.1, 0.15) is 16.5 Å². The van der Waals surface area contributed by atoms with Crippen molar-refractivity contribution in [2.24, 2.45) is 5.73 Å². The number of nitrogens with two attached hydrogens (primary N) is 1. The molecule has 0 atom stereocenters. The molecule has 2 heterocycles. The smallest absolute Gasteiger partial charge is 0.258 e. The number of aromatic nitrogens is 4. The SMILES string of the molecule is Cl.NC1(c2noc(-c3ccc(F)c(S(=O)(=O)Cc4ncon4)c3)n2)CCCC1. The van der Waals surface area contributed by atoms with E-state index in [-0.39, 0.29) is 29.7 Å². The van der Waals surface area contributed by atoms with Crippen LogP contribution in [0.5, 0.6) is 0 Å². The molecular weight excluding hydrogens is 413 g/mol. The fourth-order valence-electron chi connectivity index (χ4n) is 3.15. The molecule has 28 heavy (non-hydrogen) atoms. The van der Waals surface area contributed by atoms with Gasteiger partial charge in [0.25, 0.3) is 5.89 Å². The van der Waals surface area contributed by atoms with Gasteiger partial charge >= 0.3 is 0 Å². The Hall–Kier alpha value is -2.37. The maximum atomic E-state index is 14.2. The fourth-order valence-corrected chi connectivity index (χ4v) is 4.45. The average molecular weight is 430 g/mol. The molecule has 9 nitrogen and oxygen atoms in total. The molecule has 0 amide bonds. The minimum atomic E-state index is -4.04. The van der Waals surface area contributed by atoms with Crippen molar-refractivity contribution >= 4 is 22.2 Å². The van der Waals surface area contributed by atoms with E-state index >= 15 is 0 Å². The van der Waals surface area contributed by atoms with Crippen molar-refractivity contribution in [3.63, 3.8) is 0 Å². The fraction of sp³-hybridized carbons (Fsp3) is 0.375. The molecule has 3 aromatic rings. The van der Waals surface area contributed by atoms with Crippen molar-refractivity contribution in [3.8, 4) is 11.5 Å². The third-order valence-corrected chi connectivity index (χ3v) is 6.23. The van der Waals surface area contributed by atoms with Crippen LogP contribution >= 0.6 is 12.4 Å². The Labute approximate surface area is 165 Å². The van der Waals surface area contributed by atoms with Crippen LogP contribution in [0.2, 0.25) is 0 Å². The van der Waals surface area contributed by atoms with Gasteiger partial charge in [-0.25, -0.2) is 12.8 Å². The highest BCUT2D eigenvalue weighted by atomic mass is 35.5. The monoisotopic (exact) mass is 429 g/mol. The van der Waals surface area contributed by atoms with E-state index in [1.807, 2.05) is 0 Å². The summed E-state index contributed by atoms with van der Waals surface area (Å²) in [5, 5.41) is 7.38. The second kappa shape index (κ2) is 7.57. The standard InChI is InChI=1S/C16H16FN5O4S.ClH/c17-11-4-3-10(7-12(11)27(23,24)8-13-19-9-25-21-13)14-20-15(22-26-14)16(18)5-1-2-6-16;/h3-4,7,9H,1-2,5-6,8,18H2;1H. The van der Waals surface area contributed by atoms with Crippen molar-refractivity contribution in [3.05, 3.63) is 42.1 Å². The first-order valence-electron chi connectivity index (χ1n) is 8.28. The molecule has 0 spiro atoms. The molecule has 2 N–H and O–H groups in total. The van der Waals surface area contributed by atoms with Crippen molar-refractivity contribution in [1.82, 2.24) is 20.3 Å². The third-order valence-electron chi connectivity index (χ3n) is 4.61. The van der Waals surface area contributed by atoms with E-state index in [1.54, 1.807) is 0 Å². The van der Waals surface area contributed by atoms with Crippen LogP contribution < -0.4 is 5.73 Å². The molecule has 0 unspecified atom stereocenters. The topological polar surface area (TPSA) is 138 Å². The Morgan fingerprint density at radius 3 is 2.64 bits per heavy atom. The molecule has 0 radical (unpaired) electrons. The van der Waals surface area contributed by atoms with Gasteiger partial charge in [-0.05, 0) is 31.0 Å². The largest absolute Gasteiger partial charge is 0.343 e. The zero-order chi connectivity index (χ0) is 19.1. The Morgan fingerprint density at radius 2 is 1.96 bits per heavy atom. The highest BCUT2D eigenvalue weighted by Crippen LogP contribution is 2.35. The van der Waals surface area contributed by atoms with Gasteiger partial charge in [-0.3, -0.25) is 0 Å². The van der Waals surface area contributed by atoms with E-state index in [4.69, 9.17) is 10.3 Å². The number of hydrogen-bond donors (Lipinski definition) is 1. The first kappa shape index (κ1) is 20.4. The van der Waals surface area contributed by atoms with Crippen molar-refractivity contribution < 1.29 is 21.9 Å². The highest BCUT2D eigenvalue weighted by Gasteiger charge is 2.36. The Bertz CT molecular complexity index is 1060. The predicted octanol–water partition coefficient (Wildman–Crippen LogP) is 2.38. The lowest BCUT2D eigenvalue weighted by Gasteiger charge is -2.17. The van der Waals surface area contributed by atoms with Crippen molar-refractivity contribution in [2.75, 3.05) is 0 Å². The number of sulfone groups is 1. The minimum Gasteiger partial charge on any atom is -0.343 e. The molecule has 0 saturated heterocycles. The summed E-state index contributed by atoms with van der Waals surface area (Å²) >= 11 is 0. The van der Waals surface area contributed by atoms with Crippen LogP contribution in [0.4, 0.5) is 4.39 Å². The van der Waals surface area contributed by atoms with Gasteiger partial charge in [-0.1, -0.05) is 23.2 Å². The molecular formula is C16H17ClFN5O4S. The molecule has 0 bridgehead atoms. The first-order chi connectivity index (χ1) is 12.9. The average Bonchev–Trinajstić information content (AvgIpc) is 3.36. The van der Waals surface area contributed by atoms with Gasteiger partial charge in [0.05, 0.1) is 5.54 Å². The quantitative estimate of drug-likeness (QED) is 0.647. The molecule has 1 fully saturated rings. The Kier molecular flexibility index (Phi) is 5.50. The second-order valence-corrected chi connectivity index (χ2v) is 8.50. The zero-order valence-corrected chi connectivity index (χ0v) is 16.2. The summed E-state index contributed by atoms with van der Waals surface area (Å²) in [5.41, 5.74) is 5.94. The molecule has 1 aliphatic rings. The van der Waals surface area contributed by atoms with Crippen molar-refractivity contribution in [2.45, 2.75) is 41.9 Å². The van der Waals surface area contributed by atoms with E-state index in [0.29, 0.717) is 5.82 Å². The molecule has 0 aliphatic heterocycles. The lowest BCUT2D eigenvalue weighted by atomic mass is 9.99. The van der Waals surface area contributed by atoms with Crippen LogP contribution in [-0.2, 0) is 21.1 Å². The molecule has 150 valence electrons. The molecule has 1 saturated carbocycles. The minimum absolute atomic E-state index is 0. The van der Waals surface area contributed by atoms with Crippen LogP contribution in [0, 0.1) is 5.82 Å². The Balaban J connectivity index is 0.00000225. The lowest BCUT2D eigenvalue weighted by Crippen LogP contribution is -2.34. The van der Waals surface area contributed by atoms with Gasteiger partial charge in [0.2, 0.25) is 6.39 Å². The van der Waals surface area contributed by atoms with Crippen LogP contribution in [0.3, 0.4) is 0 Å². The van der Waals surface area contributed by atoms with Gasteiger partial charge in [0.15, 0.2) is 21.5 Å². The van der Waals surface area contributed by atoms with Crippen LogP contribution in [0.15, 0.2) is 38.5 Å². The van der Waals surface area contributed by atoms with E-state index in [0.717, 1.165) is 44.2 Å². The molecule has 12 heteroatoms. The summed E-state index contributed by atoms with van der Waals surface area (Å²) in [6.07, 6.45) is 4.47. The molecule has 1 aliphatic carbocycles. The first-order valence-corrected chi connectivity index (χ1v) is 9.94. The Morgan fingerprint density at radius 1 is 1.21 bits per heavy atom. The molecule has 4 rings (SSSR count). The summed E-state index contributed by atoms with van der Waals surface area (Å²) in [6, 6.07) is 3.56. The van der Waals surface area contributed by atoms with E-state index in [2.05, 4.69) is 24.8 Å². The lowest BCUT2D eigenvalue weighted by molar-refractivity contribution is 0.372. The van der Waals surface area contributed by atoms with Crippen LogP contribution in [-0.4, -0.2) is 28.7 Å². The summed E-state index contributed by atoms with van der Waals surface area (Å²) in [7, 11) is -4.04. The predicted molar refractivity (Wildman–Crippen MR) is 96.5 cm³/mol. The maximum Gasteiger partial charge on any atom is 0.258 e. The zero-order valence-electron chi connectivity index (χ0n) is 14.5. The summed E-state index contributed by atoms with van der Waals surface area (Å²) in [6.45, 7) is 0. The number of hydrogen-bond acceptors (Lipinski definition) is 9. The maximum absolute atomic E-state index is 14.2. The molecule has 1 aromatic carbocycles. The van der Waals surface area contributed by atoms with Crippen LogP contribution in [0.25, 0.3) is 11.5 Å². The number of nitrogens with zero attached hydrogens (tertiary/aromatic N) is 4. The van der Waals surface area contributed by atoms with E-state index in [9.17, 15) is 12.8 Å². The number of rotatable bonds is 5. The second-order valence-electron chi connectivity index (χ2n) is 6.54.